The van der Waals surface area contributed by atoms with Gasteiger partial charge in [-0.25, -0.2) is 10.2 Å². The maximum absolute atomic E-state index is 11.4. The predicted molar refractivity (Wildman–Crippen MR) is 82.4 cm³/mol. The summed E-state index contributed by atoms with van der Waals surface area (Å²) < 4.78 is 5.12. The molecule has 1 aromatic carbocycles. The average Bonchev–Trinajstić information content (AvgIpc) is 2.33. The lowest BCUT2D eigenvalue weighted by molar-refractivity contribution is 0.0528. The molecule has 0 atom stereocenters. The van der Waals surface area contributed by atoms with E-state index in [2.05, 4.69) is 34.6 Å². The molecule has 0 aliphatic carbocycles. The fraction of sp³-hybridized carbons (Fsp3) is 0.500. The Balaban J connectivity index is 2.05. The van der Waals surface area contributed by atoms with Crippen LogP contribution < -0.4 is 15.6 Å². The Morgan fingerprint density at radius 3 is 2.45 bits per heavy atom. The van der Waals surface area contributed by atoms with Crippen molar-refractivity contribution in [3.63, 3.8) is 0 Å². The minimum Gasteiger partial charge on any atom is -0.444 e. The van der Waals surface area contributed by atoms with Gasteiger partial charge in [0.25, 0.3) is 0 Å². The largest absolute Gasteiger partial charge is 0.444 e. The van der Waals surface area contributed by atoms with E-state index in [0.29, 0.717) is 13.1 Å². The SMILES string of the molecule is Cc1ccc(SNNCCNC(=O)OC(C)(C)C)cc1. The third-order valence-electron chi connectivity index (χ3n) is 2.18. The summed E-state index contributed by atoms with van der Waals surface area (Å²) in [5.74, 6) is 0. The first kappa shape index (κ1) is 16.8. The van der Waals surface area contributed by atoms with Crippen molar-refractivity contribution in [2.24, 2.45) is 0 Å². The second kappa shape index (κ2) is 8.14. The van der Waals surface area contributed by atoms with Gasteiger partial charge in [0.15, 0.2) is 0 Å². The molecule has 5 nitrogen and oxygen atoms in total. The molecule has 112 valence electrons. The smallest absolute Gasteiger partial charge is 0.407 e. The summed E-state index contributed by atoms with van der Waals surface area (Å²) in [6, 6.07) is 8.23. The lowest BCUT2D eigenvalue weighted by Gasteiger charge is -2.19. The molecule has 0 heterocycles. The number of benzene rings is 1. The number of alkyl carbamates (subject to hydrolysis) is 1. The maximum Gasteiger partial charge on any atom is 0.407 e. The fourth-order valence-corrected chi connectivity index (χ4v) is 1.86. The van der Waals surface area contributed by atoms with Crippen molar-refractivity contribution in [1.82, 2.24) is 15.6 Å². The van der Waals surface area contributed by atoms with Gasteiger partial charge < -0.3 is 10.1 Å². The van der Waals surface area contributed by atoms with Gasteiger partial charge in [-0.1, -0.05) is 17.7 Å². The summed E-state index contributed by atoms with van der Waals surface area (Å²) in [5, 5.41) is 2.67. The summed E-state index contributed by atoms with van der Waals surface area (Å²) >= 11 is 1.49. The molecule has 0 saturated carbocycles. The van der Waals surface area contributed by atoms with Crippen molar-refractivity contribution >= 4 is 18.0 Å². The van der Waals surface area contributed by atoms with Gasteiger partial charge in [0.1, 0.15) is 5.60 Å². The molecule has 0 spiro atoms. The second-order valence-corrected chi connectivity index (χ2v) is 6.25. The van der Waals surface area contributed by atoms with E-state index in [1.807, 2.05) is 32.9 Å². The lowest BCUT2D eigenvalue weighted by atomic mass is 10.2. The maximum atomic E-state index is 11.4. The number of hydrazine groups is 1. The Hall–Kier alpha value is -1.24. The summed E-state index contributed by atoms with van der Waals surface area (Å²) in [7, 11) is 0. The van der Waals surface area contributed by atoms with Crippen LogP contribution in [0, 0.1) is 6.92 Å². The van der Waals surface area contributed by atoms with Crippen LogP contribution in [0.25, 0.3) is 0 Å². The molecule has 1 amide bonds. The van der Waals surface area contributed by atoms with Crippen LogP contribution in [0.3, 0.4) is 0 Å². The third kappa shape index (κ3) is 8.04. The van der Waals surface area contributed by atoms with Crippen LogP contribution in [-0.2, 0) is 4.74 Å². The summed E-state index contributed by atoms with van der Waals surface area (Å²) in [6.45, 7) is 8.68. The molecule has 6 heteroatoms. The number of rotatable bonds is 6. The van der Waals surface area contributed by atoms with Crippen molar-refractivity contribution in [2.45, 2.75) is 38.2 Å². The number of hydrogen-bond acceptors (Lipinski definition) is 5. The van der Waals surface area contributed by atoms with Crippen molar-refractivity contribution in [3.05, 3.63) is 29.8 Å². The van der Waals surface area contributed by atoms with Crippen LogP contribution in [0.2, 0.25) is 0 Å². The molecule has 0 saturated heterocycles. The van der Waals surface area contributed by atoms with Crippen LogP contribution in [0.15, 0.2) is 29.2 Å². The molecule has 0 bridgehead atoms. The van der Waals surface area contributed by atoms with E-state index < -0.39 is 11.7 Å². The molecule has 1 rings (SSSR count). The highest BCUT2D eigenvalue weighted by atomic mass is 32.2. The Morgan fingerprint density at radius 2 is 1.85 bits per heavy atom. The van der Waals surface area contributed by atoms with Crippen molar-refractivity contribution < 1.29 is 9.53 Å². The number of amides is 1. The molecule has 0 aliphatic rings. The zero-order chi connectivity index (χ0) is 15.0. The van der Waals surface area contributed by atoms with E-state index in [9.17, 15) is 4.79 Å². The molecule has 20 heavy (non-hydrogen) atoms. The molecular weight excluding hydrogens is 274 g/mol. The van der Waals surface area contributed by atoms with Crippen LogP contribution in [0.4, 0.5) is 4.79 Å². The zero-order valence-electron chi connectivity index (χ0n) is 12.4. The molecule has 0 unspecified atom stereocenters. The topological polar surface area (TPSA) is 62.4 Å². The fourth-order valence-electron chi connectivity index (χ4n) is 1.29. The number of carbonyl (C=O) groups excluding carboxylic acids is 1. The molecule has 0 fully saturated rings. The van der Waals surface area contributed by atoms with Crippen molar-refractivity contribution in [1.29, 1.82) is 0 Å². The molecule has 1 aromatic rings. The summed E-state index contributed by atoms with van der Waals surface area (Å²) in [4.78, 5) is 15.5. The van der Waals surface area contributed by atoms with E-state index in [-0.39, 0.29) is 0 Å². The molecule has 3 N–H and O–H groups in total. The lowest BCUT2D eigenvalue weighted by Crippen LogP contribution is -2.38. The van der Waals surface area contributed by atoms with Gasteiger partial charge in [-0.15, -0.1) is 0 Å². The summed E-state index contributed by atoms with van der Waals surface area (Å²) in [6.07, 6.45) is -0.398. The Labute approximate surface area is 125 Å². The van der Waals surface area contributed by atoms with Crippen LogP contribution >= 0.6 is 11.9 Å². The van der Waals surface area contributed by atoms with Gasteiger partial charge >= 0.3 is 6.09 Å². The predicted octanol–water partition coefficient (Wildman–Crippen LogP) is 2.62. The Kier molecular flexibility index (Phi) is 6.84. The highest BCUT2D eigenvalue weighted by Gasteiger charge is 2.15. The van der Waals surface area contributed by atoms with E-state index in [1.54, 1.807) is 0 Å². The Bertz CT molecular complexity index is 415. The molecular formula is C14H23N3O2S. The number of ether oxygens (including phenoxy) is 1. The minimum absolute atomic E-state index is 0.398. The molecule has 0 radical (unpaired) electrons. The number of aryl methyl sites for hydroxylation is 1. The van der Waals surface area contributed by atoms with Crippen LogP contribution in [0.5, 0.6) is 0 Å². The first-order valence-electron chi connectivity index (χ1n) is 6.55. The van der Waals surface area contributed by atoms with Gasteiger partial charge in [0.05, 0.1) is 0 Å². The first-order valence-corrected chi connectivity index (χ1v) is 7.37. The Morgan fingerprint density at radius 1 is 1.20 bits per heavy atom. The average molecular weight is 297 g/mol. The molecule has 0 aliphatic heterocycles. The van der Waals surface area contributed by atoms with Gasteiger partial charge in [-0.2, -0.15) is 4.83 Å². The third-order valence-corrected chi connectivity index (χ3v) is 2.93. The van der Waals surface area contributed by atoms with Gasteiger partial charge in [-0.05, 0) is 51.8 Å². The second-order valence-electron chi connectivity index (χ2n) is 5.37. The summed E-state index contributed by atoms with van der Waals surface area (Å²) in [5.41, 5.74) is 3.79. The normalized spacial score (nSPS) is 11.2. The minimum atomic E-state index is -0.461. The van der Waals surface area contributed by atoms with Crippen LogP contribution in [-0.4, -0.2) is 24.8 Å². The van der Waals surface area contributed by atoms with Gasteiger partial charge in [-0.3, -0.25) is 0 Å². The van der Waals surface area contributed by atoms with Gasteiger partial charge in [0, 0.05) is 18.0 Å². The monoisotopic (exact) mass is 297 g/mol. The van der Waals surface area contributed by atoms with E-state index >= 15 is 0 Å². The molecule has 0 aromatic heterocycles. The quantitative estimate of drug-likeness (QED) is 0.428. The number of nitrogens with one attached hydrogen (secondary N) is 3. The number of hydrogen-bond donors (Lipinski definition) is 3. The number of carbonyl (C=O) groups is 1. The van der Waals surface area contributed by atoms with Crippen LogP contribution in [0.1, 0.15) is 26.3 Å². The standard InChI is InChI=1S/C14H23N3O2S/c1-11-5-7-12(8-6-11)20-17-16-10-9-15-13(18)19-14(2,3)4/h5-8,16-17H,9-10H2,1-4H3,(H,15,18). The zero-order valence-corrected chi connectivity index (χ0v) is 13.3. The van der Waals surface area contributed by atoms with E-state index in [1.165, 1.54) is 17.5 Å². The van der Waals surface area contributed by atoms with Crippen molar-refractivity contribution in [2.75, 3.05) is 13.1 Å². The van der Waals surface area contributed by atoms with Crippen molar-refractivity contribution in [3.8, 4) is 0 Å². The highest BCUT2D eigenvalue weighted by molar-refractivity contribution is 7.97. The van der Waals surface area contributed by atoms with Gasteiger partial charge in [0.2, 0.25) is 0 Å². The highest BCUT2D eigenvalue weighted by Crippen LogP contribution is 2.13. The van der Waals surface area contributed by atoms with E-state index in [4.69, 9.17) is 4.74 Å². The first-order chi connectivity index (χ1) is 9.37. The van der Waals surface area contributed by atoms with E-state index in [0.717, 1.165) is 4.90 Å².